The van der Waals surface area contributed by atoms with E-state index in [1.165, 1.54) is 0 Å². The number of rotatable bonds is 7. The zero-order valence-corrected chi connectivity index (χ0v) is 12.5. The van der Waals surface area contributed by atoms with E-state index in [9.17, 15) is 0 Å². The average molecular weight is 228 g/mol. The number of nitrogens with one attached hydrogen (secondary N) is 1. The zero-order chi connectivity index (χ0) is 12.9. The molecule has 0 saturated carbocycles. The summed E-state index contributed by atoms with van der Waals surface area (Å²) in [6, 6.07) is 1.84. The van der Waals surface area contributed by atoms with Gasteiger partial charge in [-0.3, -0.25) is 4.90 Å². The molecule has 2 atom stereocenters. The maximum absolute atomic E-state index is 3.56. The van der Waals surface area contributed by atoms with Gasteiger partial charge in [0, 0.05) is 24.7 Å². The van der Waals surface area contributed by atoms with Crippen molar-refractivity contribution in [3.8, 4) is 0 Å². The number of nitrogens with zero attached hydrogens (tertiary/aromatic N) is 1. The molecule has 0 rings (SSSR count). The Labute approximate surface area is 103 Å². The highest BCUT2D eigenvalue weighted by Crippen LogP contribution is 2.16. The van der Waals surface area contributed by atoms with Crippen LogP contribution in [0.2, 0.25) is 0 Å². The molecule has 0 saturated heterocycles. The Morgan fingerprint density at radius 3 is 1.69 bits per heavy atom. The first kappa shape index (κ1) is 15.9. The highest BCUT2D eigenvalue weighted by Gasteiger charge is 2.24. The molecule has 0 aliphatic carbocycles. The van der Waals surface area contributed by atoms with E-state index in [0.29, 0.717) is 30.0 Å². The van der Waals surface area contributed by atoms with E-state index < -0.39 is 0 Å². The van der Waals surface area contributed by atoms with Crippen molar-refractivity contribution in [1.29, 1.82) is 0 Å². The van der Waals surface area contributed by atoms with Crippen LogP contribution < -0.4 is 5.32 Å². The van der Waals surface area contributed by atoms with Crippen LogP contribution in [0, 0.1) is 11.8 Å². The molecular weight excluding hydrogens is 196 g/mol. The first-order chi connectivity index (χ1) is 7.27. The molecule has 98 valence electrons. The van der Waals surface area contributed by atoms with E-state index >= 15 is 0 Å². The second-order valence-electron chi connectivity index (χ2n) is 6.02. The van der Waals surface area contributed by atoms with Crippen LogP contribution in [0.1, 0.15) is 48.5 Å². The normalized spacial score (nSPS) is 16.5. The van der Waals surface area contributed by atoms with Crippen molar-refractivity contribution in [2.75, 3.05) is 13.6 Å². The van der Waals surface area contributed by atoms with E-state index in [1.807, 2.05) is 0 Å². The topological polar surface area (TPSA) is 15.3 Å². The summed E-state index contributed by atoms with van der Waals surface area (Å²) >= 11 is 0. The molecule has 0 aromatic rings. The lowest BCUT2D eigenvalue weighted by Crippen LogP contribution is -2.49. The molecule has 16 heavy (non-hydrogen) atoms. The molecule has 0 aliphatic heterocycles. The van der Waals surface area contributed by atoms with Crippen LogP contribution in [0.15, 0.2) is 0 Å². The van der Waals surface area contributed by atoms with Crippen LogP contribution in [-0.2, 0) is 0 Å². The Hall–Kier alpha value is -0.0800. The predicted molar refractivity (Wildman–Crippen MR) is 73.8 cm³/mol. The third-order valence-electron chi connectivity index (χ3n) is 3.64. The van der Waals surface area contributed by atoms with Crippen molar-refractivity contribution in [2.45, 2.75) is 66.6 Å². The fraction of sp³-hybridized carbons (Fsp3) is 1.00. The van der Waals surface area contributed by atoms with Gasteiger partial charge in [0.15, 0.2) is 0 Å². The minimum Gasteiger partial charge on any atom is -0.313 e. The Morgan fingerprint density at radius 1 is 0.875 bits per heavy atom. The monoisotopic (exact) mass is 228 g/mol. The Kier molecular flexibility index (Phi) is 7.25. The maximum atomic E-state index is 3.56. The van der Waals surface area contributed by atoms with E-state index in [0.717, 1.165) is 6.54 Å². The van der Waals surface area contributed by atoms with Gasteiger partial charge in [-0.2, -0.15) is 0 Å². The van der Waals surface area contributed by atoms with E-state index in [4.69, 9.17) is 0 Å². The number of likely N-dealkylation sites (N-methyl/N-ethyl adjacent to an activating group) is 1. The number of hydrogen-bond acceptors (Lipinski definition) is 2. The van der Waals surface area contributed by atoms with Crippen molar-refractivity contribution >= 4 is 0 Å². The summed E-state index contributed by atoms with van der Waals surface area (Å²) in [6.07, 6.45) is 0. The van der Waals surface area contributed by atoms with Crippen LogP contribution in [0.25, 0.3) is 0 Å². The van der Waals surface area contributed by atoms with Gasteiger partial charge in [-0.1, -0.05) is 41.5 Å². The van der Waals surface area contributed by atoms with Crippen LogP contribution in [-0.4, -0.2) is 36.6 Å². The molecule has 0 amide bonds. The standard InChI is InChI=1S/C14H32N2/c1-10(2)13(7)16(8)14(11(3)4)9-15-12(5)6/h10-15H,9H2,1-8H3. The Morgan fingerprint density at radius 2 is 1.38 bits per heavy atom. The maximum Gasteiger partial charge on any atom is 0.0243 e. The van der Waals surface area contributed by atoms with E-state index in [1.54, 1.807) is 0 Å². The molecular formula is C14H32N2. The second kappa shape index (κ2) is 7.29. The molecule has 0 aromatic heterocycles. The molecule has 1 N–H and O–H groups in total. The lowest BCUT2D eigenvalue weighted by molar-refractivity contribution is 0.113. The van der Waals surface area contributed by atoms with Crippen molar-refractivity contribution in [2.24, 2.45) is 11.8 Å². The summed E-state index contributed by atoms with van der Waals surface area (Å²) in [6.45, 7) is 17.1. The molecule has 0 aromatic carbocycles. The summed E-state index contributed by atoms with van der Waals surface area (Å²) < 4.78 is 0. The van der Waals surface area contributed by atoms with Gasteiger partial charge in [-0.15, -0.1) is 0 Å². The lowest BCUT2D eigenvalue weighted by Gasteiger charge is -2.38. The van der Waals surface area contributed by atoms with Crippen LogP contribution in [0.5, 0.6) is 0 Å². The molecule has 2 nitrogen and oxygen atoms in total. The zero-order valence-electron chi connectivity index (χ0n) is 12.5. The van der Waals surface area contributed by atoms with Gasteiger partial charge in [0.2, 0.25) is 0 Å². The van der Waals surface area contributed by atoms with Gasteiger partial charge in [-0.05, 0) is 25.8 Å². The predicted octanol–water partition coefficient (Wildman–Crippen LogP) is 2.99. The molecule has 0 fully saturated rings. The lowest BCUT2D eigenvalue weighted by atomic mass is 9.97. The summed E-state index contributed by atoms with van der Waals surface area (Å²) in [7, 11) is 2.26. The van der Waals surface area contributed by atoms with Crippen LogP contribution >= 0.6 is 0 Å². The van der Waals surface area contributed by atoms with E-state index in [-0.39, 0.29) is 0 Å². The highest BCUT2D eigenvalue weighted by atomic mass is 15.2. The minimum atomic E-state index is 0.573. The van der Waals surface area contributed by atoms with Gasteiger partial charge in [0.1, 0.15) is 0 Å². The highest BCUT2D eigenvalue weighted by molar-refractivity contribution is 4.80. The minimum absolute atomic E-state index is 0.573. The summed E-state index contributed by atoms with van der Waals surface area (Å²) in [4.78, 5) is 2.53. The quantitative estimate of drug-likeness (QED) is 0.720. The second-order valence-corrected chi connectivity index (χ2v) is 6.02. The third kappa shape index (κ3) is 5.31. The fourth-order valence-corrected chi connectivity index (χ4v) is 1.98. The summed E-state index contributed by atoms with van der Waals surface area (Å²) in [5.41, 5.74) is 0. The first-order valence-corrected chi connectivity index (χ1v) is 6.72. The molecule has 2 heteroatoms. The summed E-state index contributed by atoms with van der Waals surface area (Å²) in [5, 5.41) is 3.56. The van der Waals surface area contributed by atoms with Crippen LogP contribution in [0.3, 0.4) is 0 Å². The average Bonchev–Trinajstić information content (AvgIpc) is 2.15. The van der Waals surface area contributed by atoms with Gasteiger partial charge in [0.05, 0.1) is 0 Å². The SMILES string of the molecule is CC(C)NCC(C(C)C)N(C)C(C)C(C)C. The molecule has 2 unspecified atom stereocenters. The smallest absolute Gasteiger partial charge is 0.0243 e. The first-order valence-electron chi connectivity index (χ1n) is 6.72. The van der Waals surface area contributed by atoms with Gasteiger partial charge >= 0.3 is 0 Å². The Balaban J connectivity index is 4.40. The van der Waals surface area contributed by atoms with Crippen molar-refractivity contribution in [3.63, 3.8) is 0 Å². The van der Waals surface area contributed by atoms with Gasteiger partial charge < -0.3 is 5.32 Å². The molecule has 0 heterocycles. The van der Waals surface area contributed by atoms with Crippen molar-refractivity contribution in [1.82, 2.24) is 10.2 Å². The molecule has 0 radical (unpaired) electrons. The molecule has 0 bridgehead atoms. The molecule has 0 spiro atoms. The molecule has 0 aliphatic rings. The largest absolute Gasteiger partial charge is 0.313 e. The fourth-order valence-electron chi connectivity index (χ4n) is 1.98. The van der Waals surface area contributed by atoms with Crippen molar-refractivity contribution < 1.29 is 0 Å². The van der Waals surface area contributed by atoms with E-state index in [2.05, 4.69) is 65.7 Å². The Bertz CT molecular complexity index is 176. The van der Waals surface area contributed by atoms with Crippen LogP contribution in [0.4, 0.5) is 0 Å². The number of hydrogen-bond donors (Lipinski definition) is 1. The summed E-state index contributed by atoms with van der Waals surface area (Å²) in [5.74, 6) is 1.41. The van der Waals surface area contributed by atoms with Gasteiger partial charge in [-0.25, -0.2) is 0 Å². The third-order valence-corrected chi connectivity index (χ3v) is 3.64. The van der Waals surface area contributed by atoms with Crippen molar-refractivity contribution in [3.05, 3.63) is 0 Å². The van der Waals surface area contributed by atoms with Gasteiger partial charge in [0.25, 0.3) is 0 Å².